The van der Waals surface area contributed by atoms with Crippen LogP contribution < -0.4 is 0 Å². The molecule has 4 fully saturated rings. The number of carbonyl (C=O) groups is 1. The van der Waals surface area contributed by atoms with E-state index in [0.29, 0.717) is 22.2 Å². The Labute approximate surface area is 99.0 Å². The standard InChI is InChI=1S/C15H24O/c1-13(2)6-4-7-15-10-14(3,12(15)9-16)8-5-11(13)15/h9,11-12H,4-8,10H2,1-3H3/t11-,12+,14+,15-/m0/s1. The lowest BCUT2D eigenvalue weighted by Crippen LogP contribution is -2.66. The second-order valence-corrected chi connectivity index (χ2v) is 7.61. The van der Waals surface area contributed by atoms with Crippen molar-refractivity contribution in [1.29, 1.82) is 0 Å². The van der Waals surface area contributed by atoms with Crippen molar-refractivity contribution in [1.82, 2.24) is 0 Å². The molecule has 0 amide bonds. The average Bonchev–Trinajstić information content (AvgIpc) is 2.15. The van der Waals surface area contributed by atoms with Crippen LogP contribution in [0.3, 0.4) is 0 Å². The fourth-order valence-electron chi connectivity index (χ4n) is 5.81. The van der Waals surface area contributed by atoms with E-state index in [-0.39, 0.29) is 0 Å². The van der Waals surface area contributed by atoms with Crippen LogP contribution in [0.25, 0.3) is 0 Å². The molecular weight excluding hydrogens is 196 g/mol. The molecule has 0 aromatic heterocycles. The average molecular weight is 220 g/mol. The zero-order valence-corrected chi connectivity index (χ0v) is 10.9. The smallest absolute Gasteiger partial charge is 0.124 e. The molecule has 0 unspecified atom stereocenters. The van der Waals surface area contributed by atoms with Gasteiger partial charge in [-0.2, -0.15) is 0 Å². The highest BCUT2D eigenvalue weighted by Gasteiger charge is 2.69. The fraction of sp³-hybridized carbons (Fsp3) is 0.933. The molecule has 4 aliphatic rings. The fourth-order valence-corrected chi connectivity index (χ4v) is 5.81. The van der Waals surface area contributed by atoms with Crippen LogP contribution in [0.2, 0.25) is 0 Å². The molecule has 1 nitrogen and oxygen atoms in total. The maximum absolute atomic E-state index is 11.5. The monoisotopic (exact) mass is 220 g/mol. The van der Waals surface area contributed by atoms with Crippen molar-refractivity contribution in [3.8, 4) is 0 Å². The Balaban J connectivity index is 1.99. The number of fused-ring (bicyclic) bond motifs is 1. The van der Waals surface area contributed by atoms with Gasteiger partial charge in [-0.3, -0.25) is 0 Å². The van der Waals surface area contributed by atoms with Crippen LogP contribution in [-0.4, -0.2) is 6.29 Å². The molecule has 4 saturated carbocycles. The minimum absolute atomic E-state index is 0.367. The minimum atomic E-state index is 0.367. The van der Waals surface area contributed by atoms with E-state index in [0.717, 1.165) is 5.92 Å². The van der Waals surface area contributed by atoms with Crippen molar-refractivity contribution in [3.05, 3.63) is 0 Å². The third-order valence-corrected chi connectivity index (χ3v) is 6.34. The second-order valence-electron chi connectivity index (χ2n) is 7.61. The van der Waals surface area contributed by atoms with Gasteiger partial charge in [-0.25, -0.2) is 0 Å². The Kier molecular flexibility index (Phi) is 1.97. The first-order valence-corrected chi connectivity index (χ1v) is 6.90. The summed E-state index contributed by atoms with van der Waals surface area (Å²) in [5.74, 6) is 1.18. The Bertz CT molecular complexity index is 332. The normalized spacial score (nSPS) is 53.7. The predicted molar refractivity (Wildman–Crippen MR) is 65.1 cm³/mol. The molecule has 0 saturated heterocycles. The van der Waals surface area contributed by atoms with Gasteiger partial charge in [-0.05, 0) is 54.3 Å². The van der Waals surface area contributed by atoms with Gasteiger partial charge in [0.1, 0.15) is 6.29 Å². The van der Waals surface area contributed by atoms with Crippen molar-refractivity contribution < 1.29 is 4.79 Å². The first-order chi connectivity index (χ1) is 7.45. The molecule has 16 heavy (non-hydrogen) atoms. The molecule has 4 aliphatic carbocycles. The third-order valence-electron chi connectivity index (χ3n) is 6.34. The Hall–Kier alpha value is -0.330. The van der Waals surface area contributed by atoms with Gasteiger partial charge < -0.3 is 4.79 Å². The van der Waals surface area contributed by atoms with Crippen molar-refractivity contribution in [2.24, 2.45) is 28.1 Å². The molecule has 90 valence electrons. The van der Waals surface area contributed by atoms with Gasteiger partial charge in [0, 0.05) is 5.92 Å². The summed E-state index contributed by atoms with van der Waals surface area (Å²) in [6.07, 6.45) is 9.31. The van der Waals surface area contributed by atoms with Crippen molar-refractivity contribution in [3.63, 3.8) is 0 Å². The van der Waals surface area contributed by atoms with Crippen LogP contribution in [0.5, 0.6) is 0 Å². The first kappa shape index (κ1) is 10.8. The molecule has 0 aliphatic heterocycles. The minimum Gasteiger partial charge on any atom is -0.303 e. The molecule has 2 bridgehead atoms. The predicted octanol–water partition coefficient (Wildman–Crippen LogP) is 3.82. The quantitative estimate of drug-likeness (QED) is 0.614. The van der Waals surface area contributed by atoms with Gasteiger partial charge in [0.25, 0.3) is 0 Å². The van der Waals surface area contributed by atoms with Gasteiger partial charge >= 0.3 is 0 Å². The number of hydrogen-bond donors (Lipinski definition) is 0. The SMILES string of the molecule is CC1(C)CCC[C@]23C[C@@](C)(CC[C@@H]12)[C@H]3C=O. The van der Waals surface area contributed by atoms with E-state index in [2.05, 4.69) is 20.8 Å². The Morgan fingerprint density at radius 3 is 2.56 bits per heavy atom. The van der Waals surface area contributed by atoms with Crippen LogP contribution >= 0.6 is 0 Å². The lowest BCUT2D eigenvalue weighted by molar-refractivity contribution is -0.231. The van der Waals surface area contributed by atoms with E-state index < -0.39 is 0 Å². The zero-order chi connectivity index (χ0) is 11.6. The van der Waals surface area contributed by atoms with Gasteiger partial charge in [0.05, 0.1) is 0 Å². The first-order valence-electron chi connectivity index (χ1n) is 6.90. The van der Waals surface area contributed by atoms with E-state index >= 15 is 0 Å². The highest BCUT2D eigenvalue weighted by Crippen LogP contribution is 2.75. The Morgan fingerprint density at radius 2 is 1.88 bits per heavy atom. The second kappa shape index (κ2) is 2.91. The van der Waals surface area contributed by atoms with Crippen molar-refractivity contribution >= 4 is 6.29 Å². The molecule has 4 atom stereocenters. The van der Waals surface area contributed by atoms with E-state index in [4.69, 9.17) is 0 Å². The summed E-state index contributed by atoms with van der Waals surface area (Å²) in [4.78, 5) is 11.5. The Morgan fingerprint density at radius 1 is 1.12 bits per heavy atom. The molecule has 1 spiro atoms. The molecule has 0 aromatic carbocycles. The highest BCUT2D eigenvalue weighted by atomic mass is 16.1. The molecule has 0 N–H and O–H groups in total. The van der Waals surface area contributed by atoms with Crippen molar-refractivity contribution in [2.75, 3.05) is 0 Å². The van der Waals surface area contributed by atoms with Crippen molar-refractivity contribution in [2.45, 2.75) is 59.3 Å². The van der Waals surface area contributed by atoms with Gasteiger partial charge in [0.15, 0.2) is 0 Å². The summed E-state index contributed by atoms with van der Waals surface area (Å²) < 4.78 is 0. The van der Waals surface area contributed by atoms with Crippen LogP contribution in [0.1, 0.15) is 59.3 Å². The number of aldehydes is 1. The number of carbonyl (C=O) groups excluding carboxylic acids is 1. The van der Waals surface area contributed by atoms with Gasteiger partial charge in [-0.1, -0.05) is 27.2 Å². The summed E-state index contributed by atoms with van der Waals surface area (Å²) in [7, 11) is 0. The maximum Gasteiger partial charge on any atom is 0.124 e. The van der Waals surface area contributed by atoms with Crippen LogP contribution in [0.4, 0.5) is 0 Å². The van der Waals surface area contributed by atoms with Gasteiger partial charge in [0.2, 0.25) is 0 Å². The number of rotatable bonds is 1. The largest absolute Gasteiger partial charge is 0.303 e. The third kappa shape index (κ3) is 1.05. The lowest BCUT2D eigenvalue weighted by Gasteiger charge is -2.72. The van der Waals surface area contributed by atoms with Gasteiger partial charge in [-0.15, -0.1) is 0 Å². The molecule has 0 heterocycles. The van der Waals surface area contributed by atoms with Crippen LogP contribution in [0.15, 0.2) is 0 Å². The highest BCUT2D eigenvalue weighted by molar-refractivity contribution is 5.60. The van der Waals surface area contributed by atoms with Crippen LogP contribution in [-0.2, 0) is 4.79 Å². The lowest BCUT2D eigenvalue weighted by atomic mass is 9.32. The van der Waals surface area contributed by atoms with E-state index in [9.17, 15) is 4.79 Å². The molecular formula is C15H24O. The maximum atomic E-state index is 11.5. The summed E-state index contributed by atoms with van der Waals surface area (Å²) in [6, 6.07) is 0. The molecule has 0 radical (unpaired) electrons. The molecule has 1 heteroatoms. The summed E-state index contributed by atoms with van der Waals surface area (Å²) >= 11 is 0. The van der Waals surface area contributed by atoms with E-state index in [1.807, 2.05) is 0 Å². The topological polar surface area (TPSA) is 17.1 Å². The number of hydrogen-bond acceptors (Lipinski definition) is 1. The summed E-state index contributed by atoms with van der Waals surface area (Å²) in [6.45, 7) is 7.21. The van der Waals surface area contributed by atoms with E-state index in [1.165, 1.54) is 44.8 Å². The molecule has 0 aromatic rings. The summed E-state index contributed by atoms with van der Waals surface area (Å²) in [5.41, 5.74) is 1.25. The van der Waals surface area contributed by atoms with Crippen LogP contribution in [0, 0.1) is 28.1 Å². The molecule has 4 rings (SSSR count). The van der Waals surface area contributed by atoms with E-state index in [1.54, 1.807) is 0 Å². The summed E-state index contributed by atoms with van der Waals surface area (Å²) in [5, 5.41) is 0. The zero-order valence-electron chi connectivity index (χ0n) is 10.9.